The number of sulfonamides is 1. The van der Waals surface area contributed by atoms with Crippen LogP contribution in [0.3, 0.4) is 0 Å². The number of pyridine rings is 1. The molecule has 0 amide bonds. The normalized spacial score (nSPS) is 17.0. The fourth-order valence-electron chi connectivity index (χ4n) is 5.25. The number of aryl methyl sites for hydroxylation is 2. The molecule has 0 saturated heterocycles. The van der Waals surface area contributed by atoms with Crippen molar-refractivity contribution in [1.29, 1.82) is 0 Å². The summed E-state index contributed by atoms with van der Waals surface area (Å²) in [6.07, 6.45) is 6.39. The Kier molecular flexibility index (Phi) is 7.62. The number of aromatic nitrogens is 3. The maximum atomic E-state index is 13.2. The molecule has 1 aliphatic carbocycles. The average Bonchev–Trinajstić information content (AvgIpc) is 3.13. The predicted molar refractivity (Wildman–Crippen MR) is 155 cm³/mol. The Balaban J connectivity index is 1.45. The quantitative estimate of drug-likeness (QED) is 0.441. The Bertz CT molecular complexity index is 1520. The summed E-state index contributed by atoms with van der Waals surface area (Å²) in [7, 11) is -3.82. The van der Waals surface area contributed by atoms with Gasteiger partial charge in [0.25, 0.3) is 0 Å². The number of nitrogens with zero attached hydrogens (tertiary/aromatic N) is 4. The fourth-order valence-corrected chi connectivity index (χ4v) is 6.71. The van der Waals surface area contributed by atoms with Crippen molar-refractivity contribution in [3.8, 4) is 16.9 Å². The zero-order valence-electron chi connectivity index (χ0n) is 24.0. The third-order valence-electron chi connectivity index (χ3n) is 7.88. The summed E-state index contributed by atoms with van der Waals surface area (Å²) in [5.41, 5.74) is 4.98. The van der Waals surface area contributed by atoms with Gasteiger partial charge in [0, 0.05) is 53.7 Å². The van der Waals surface area contributed by atoms with E-state index in [1.807, 2.05) is 12.1 Å². The van der Waals surface area contributed by atoms with Gasteiger partial charge in [0.2, 0.25) is 10.0 Å². The lowest BCUT2D eigenvalue weighted by Crippen LogP contribution is -2.36. The zero-order chi connectivity index (χ0) is 28.7. The molecule has 0 unspecified atom stereocenters. The number of benzene rings is 1. The van der Waals surface area contributed by atoms with E-state index in [0.29, 0.717) is 31.0 Å². The Hall–Kier alpha value is -3.08. The largest absolute Gasteiger partial charge is 0.491 e. The maximum Gasteiger partial charge on any atom is 0.242 e. The van der Waals surface area contributed by atoms with Crippen molar-refractivity contribution in [2.75, 3.05) is 31.2 Å². The van der Waals surface area contributed by atoms with Crippen molar-refractivity contribution in [3.05, 3.63) is 59.3 Å². The van der Waals surface area contributed by atoms with Gasteiger partial charge in [-0.2, -0.15) is 0 Å². The number of anilines is 1. The van der Waals surface area contributed by atoms with Gasteiger partial charge < -0.3 is 14.7 Å². The minimum absolute atomic E-state index is 0.117. The SMILES string of the molecule is Cc1ncc(-c2ccc3c(c2)CN(c2ncnc4c2CC(C)(C)CC4)CCO3)cc1S(=O)(=O)NCC(C)(C)CO. The standard InChI is InChI=1S/C30H39N5O4S/c1-20-27(40(37,38)34-17-30(4,5)18-36)13-22(15-31-20)21-6-7-26-23(12-21)16-35(10-11-39-26)28-24-14-29(2,3)9-8-25(24)32-19-33-28/h6-7,12-13,15,19,34,36H,8-11,14,16-18H2,1-5H3. The fraction of sp³-hybridized carbons (Fsp3) is 0.500. The van der Waals surface area contributed by atoms with E-state index in [2.05, 4.69) is 39.5 Å². The van der Waals surface area contributed by atoms with Crippen LogP contribution in [0.4, 0.5) is 5.82 Å². The van der Waals surface area contributed by atoms with Gasteiger partial charge in [0.15, 0.2) is 0 Å². The number of ether oxygens (including phenoxy) is 1. The highest BCUT2D eigenvalue weighted by Gasteiger charge is 2.31. The van der Waals surface area contributed by atoms with E-state index in [1.165, 1.54) is 5.56 Å². The number of rotatable bonds is 7. The van der Waals surface area contributed by atoms with Crippen molar-refractivity contribution in [2.24, 2.45) is 10.8 Å². The van der Waals surface area contributed by atoms with E-state index in [-0.39, 0.29) is 23.5 Å². The van der Waals surface area contributed by atoms with Crippen LogP contribution >= 0.6 is 0 Å². The third-order valence-corrected chi connectivity index (χ3v) is 9.39. The highest BCUT2D eigenvalue weighted by Crippen LogP contribution is 2.39. The highest BCUT2D eigenvalue weighted by atomic mass is 32.2. The maximum absolute atomic E-state index is 13.2. The molecule has 40 heavy (non-hydrogen) atoms. The van der Waals surface area contributed by atoms with Crippen LogP contribution in [0, 0.1) is 17.8 Å². The zero-order valence-corrected chi connectivity index (χ0v) is 24.8. The van der Waals surface area contributed by atoms with Crippen LogP contribution in [-0.2, 0) is 29.4 Å². The third kappa shape index (κ3) is 5.99. The lowest BCUT2D eigenvalue weighted by molar-refractivity contribution is 0.163. The summed E-state index contributed by atoms with van der Waals surface area (Å²) < 4.78 is 35.1. The minimum Gasteiger partial charge on any atom is -0.491 e. The lowest BCUT2D eigenvalue weighted by atomic mass is 9.76. The van der Waals surface area contributed by atoms with Gasteiger partial charge in [0.1, 0.15) is 29.4 Å². The van der Waals surface area contributed by atoms with Gasteiger partial charge in [-0.1, -0.05) is 33.8 Å². The molecule has 10 heteroatoms. The topological polar surface area (TPSA) is 118 Å². The van der Waals surface area contributed by atoms with Gasteiger partial charge in [-0.25, -0.2) is 23.1 Å². The number of fused-ring (bicyclic) bond motifs is 2. The molecule has 9 nitrogen and oxygen atoms in total. The predicted octanol–water partition coefficient (Wildman–Crippen LogP) is 4.06. The van der Waals surface area contributed by atoms with E-state index >= 15 is 0 Å². The molecule has 0 saturated carbocycles. The van der Waals surface area contributed by atoms with Crippen LogP contribution < -0.4 is 14.4 Å². The molecule has 0 spiro atoms. The van der Waals surface area contributed by atoms with Gasteiger partial charge in [-0.15, -0.1) is 0 Å². The molecule has 0 bridgehead atoms. The first-order valence-corrected chi connectivity index (χ1v) is 15.3. The molecule has 0 atom stereocenters. The number of aliphatic hydroxyl groups excluding tert-OH is 1. The lowest BCUT2D eigenvalue weighted by Gasteiger charge is -2.33. The van der Waals surface area contributed by atoms with Crippen LogP contribution in [0.5, 0.6) is 5.75 Å². The summed E-state index contributed by atoms with van der Waals surface area (Å²) in [6.45, 7) is 11.7. The highest BCUT2D eigenvalue weighted by molar-refractivity contribution is 7.89. The molecule has 2 aliphatic rings. The number of aliphatic hydroxyl groups is 1. The van der Waals surface area contributed by atoms with Crippen molar-refractivity contribution >= 4 is 15.8 Å². The molecule has 2 aromatic heterocycles. The molecular weight excluding hydrogens is 526 g/mol. The number of hydrogen-bond acceptors (Lipinski definition) is 8. The Morgan fingerprint density at radius 2 is 1.95 bits per heavy atom. The molecule has 1 aliphatic heterocycles. The summed E-state index contributed by atoms with van der Waals surface area (Å²) in [4.78, 5) is 16.1. The molecule has 5 rings (SSSR count). The molecule has 0 radical (unpaired) electrons. The minimum atomic E-state index is -3.82. The number of hydrogen-bond donors (Lipinski definition) is 2. The first-order valence-electron chi connectivity index (χ1n) is 13.8. The first-order chi connectivity index (χ1) is 18.9. The van der Waals surface area contributed by atoms with E-state index in [4.69, 9.17) is 9.72 Å². The molecule has 3 aromatic rings. The van der Waals surface area contributed by atoms with E-state index in [0.717, 1.165) is 47.7 Å². The Labute approximate surface area is 237 Å². The molecule has 0 fully saturated rings. The summed E-state index contributed by atoms with van der Waals surface area (Å²) in [5.74, 6) is 1.79. The van der Waals surface area contributed by atoms with E-state index in [1.54, 1.807) is 39.4 Å². The Morgan fingerprint density at radius 1 is 1.15 bits per heavy atom. The monoisotopic (exact) mass is 565 g/mol. The summed E-state index contributed by atoms with van der Waals surface area (Å²) in [5, 5.41) is 9.53. The summed E-state index contributed by atoms with van der Waals surface area (Å²) >= 11 is 0. The van der Waals surface area contributed by atoms with Crippen LogP contribution in [0.15, 0.2) is 41.7 Å². The smallest absolute Gasteiger partial charge is 0.242 e. The second kappa shape index (κ2) is 10.7. The summed E-state index contributed by atoms with van der Waals surface area (Å²) in [6, 6.07) is 7.60. The van der Waals surface area contributed by atoms with Crippen LogP contribution in [0.1, 0.15) is 56.6 Å². The van der Waals surface area contributed by atoms with Crippen LogP contribution in [-0.4, -0.2) is 54.8 Å². The average molecular weight is 566 g/mol. The van der Waals surface area contributed by atoms with E-state index < -0.39 is 15.4 Å². The van der Waals surface area contributed by atoms with Gasteiger partial charge in [-0.3, -0.25) is 4.98 Å². The van der Waals surface area contributed by atoms with Crippen molar-refractivity contribution in [2.45, 2.75) is 65.3 Å². The molecule has 1 aromatic carbocycles. The van der Waals surface area contributed by atoms with Gasteiger partial charge >= 0.3 is 0 Å². The van der Waals surface area contributed by atoms with Crippen LogP contribution in [0.25, 0.3) is 11.1 Å². The molecule has 2 N–H and O–H groups in total. The van der Waals surface area contributed by atoms with Gasteiger partial charge in [0.05, 0.1) is 12.2 Å². The van der Waals surface area contributed by atoms with Crippen LogP contribution in [0.2, 0.25) is 0 Å². The van der Waals surface area contributed by atoms with Crippen molar-refractivity contribution < 1.29 is 18.3 Å². The van der Waals surface area contributed by atoms with Crippen molar-refractivity contribution in [1.82, 2.24) is 19.7 Å². The Morgan fingerprint density at radius 3 is 2.73 bits per heavy atom. The first kappa shape index (κ1) is 28.4. The second-order valence-electron chi connectivity index (χ2n) is 12.5. The molecule has 3 heterocycles. The molecule has 214 valence electrons. The second-order valence-corrected chi connectivity index (χ2v) is 14.2. The number of nitrogens with one attached hydrogen (secondary N) is 1. The molecular formula is C30H39N5O4S. The van der Waals surface area contributed by atoms with Crippen molar-refractivity contribution in [3.63, 3.8) is 0 Å². The van der Waals surface area contributed by atoms with E-state index in [9.17, 15) is 13.5 Å². The van der Waals surface area contributed by atoms with Gasteiger partial charge in [-0.05, 0) is 55.4 Å².